The van der Waals surface area contributed by atoms with Gasteiger partial charge >= 0.3 is 0 Å². The molecule has 102 valence electrons. The van der Waals surface area contributed by atoms with Crippen molar-refractivity contribution in [3.05, 3.63) is 35.6 Å². The molecule has 0 spiro atoms. The molecular formula is C14H22FNO2. The van der Waals surface area contributed by atoms with Crippen LogP contribution in [0.1, 0.15) is 38.4 Å². The third kappa shape index (κ3) is 3.77. The predicted octanol–water partition coefficient (Wildman–Crippen LogP) is 2.00. The lowest BCUT2D eigenvalue weighted by Crippen LogP contribution is -2.49. The Labute approximate surface area is 108 Å². The Morgan fingerprint density at radius 1 is 1.33 bits per heavy atom. The Morgan fingerprint density at radius 2 is 2.00 bits per heavy atom. The second-order valence-electron chi connectivity index (χ2n) is 4.60. The number of rotatable bonds is 7. The highest BCUT2D eigenvalue weighted by atomic mass is 19.1. The summed E-state index contributed by atoms with van der Waals surface area (Å²) in [6, 6.07) is 5.94. The zero-order valence-corrected chi connectivity index (χ0v) is 11.0. The van der Waals surface area contributed by atoms with Gasteiger partial charge in [-0.1, -0.05) is 26.0 Å². The second kappa shape index (κ2) is 6.83. The van der Waals surface area contributed by atoms with E-state index in [0.29, 0.717) is 12.1 Å². The average molecular weight is 255 g/mol. The first-order valence-electron chi connectivity index (χ1n) is 6.36. The van der Waals surface area contributed by atoms with E-state index in [2.05, 4.69) is 5.32 Å². The zero-order valence-electron chi connectivity index (χ0n) is 11.0. The molecule has 0 heterocycles. The molecule has 1 aromatic carbocycles. The van der Waals surface area contributed by atoms with Crippen molar-refractivity contribution in [2.24, 2.45) is 0 Å². The van der Waals surface area contributed by atoms with Gasteiger partial charge in [-0.15, -0.1) is 0 Å². The molecule has 1 aromatic rings. The van der Waals surface area contributed by atoms with E-state index in [-0.39, 0.29) is 18.0 Å². The standard InChI is InChI=1S/C14H22FNO2/c1-3-14(4-2,10-17)16-9-13(18)11-6-5-7-12(15)8-11/h5-8,13,16-18H,3-4,9-10H2,1-2H3. The summed E-state index contributed by atoms with van der Waals surface area (Å²) in [5.41, 5.74) is 0.176. The maximum absolute atomic E-state index is 13.0. The van der Waals surface area contributed by atoms with Crippen LogP contribution in [0.15, 0.2) is 24.3 Å². The van der Waals surface area contributed by atoms with E-state index in [1.54, 1.807) is 12.1 Å². The van der Waals surface area contributed by atoms with Crippen LogP contribution in [0.3, 0.4) is 0 Å². The summed E-state index contributed by atoms with van der Waals surface area (Å²) in [6.07, 6.45) is 0.774. The monoisotopic (exact) mass is 255 g/mol. The van der Waals surface area contributed by atoms with Gasteiger partial charge in [0.25, 0.3) is 0 Å². The molecule has 1 atom stereocenters. The molecule has 0 saturated carbocycles. The van der Waals surface area contributed by atoms with Crippen molar-refractivity contribution in [2.45, 2.75) is 38.3 Å². The number of β-amino-alcohol motifs (C(OH)–C–C–N with tert-alkyl or cyclic N) is 1. The van der Waals surface area contributed by atoms with Crippen molar-refractivity contribution in [1.82, 2.24) is 5.32 Å². The van der Waals surface area contributed by atoms with Gasteiger partial charge in [0.2, 0.25) is 0 Å². The highest BCUT2D eigenvalue weighted by Crippen LogP contribution is 2.18. The summed E-state index contributed by atoms with van der Waals surface area (Å²) >= 11 is 0. The molecule has 0 aliphatic heterocycles. The summed E-state index contributed by atoms with van der Waals surface area (Å²) in [7, 11) is 0. The lowest BCUT2D eigenvalue weighted by molar-refractivity contribution is 0.114. The topological polar surface area (TPSA) is 52.5 Å². The zero-order chi connectivity index (χ0) is 13.6. The van der Waals surface area contributed by atoms with Crippen LogP contribution in [0.5, 0.6) is 0 Å². The lowest BCUT2D eigenvalue weighted by Gasteiger charge is -2.32. The van der Waals surface area contributed by atoms with Gasteiger partial charge in [-0.05, 0) is 30.5 Å². The molecule has 3 N–H and O–H groups in total. The van der Waals surface area contributed by atoms with Crippen LogP contribution in [0.2, 0.25) is 0 Å². The number of nitrogens with one attached hydrogen (secondary N) is 1. The van der Waals surface area contributed by atoms with Crippen molar-refractivity contribution in [1.29, 1.82) is 0 Å². The molecule has 0 amide bonds. The Bertz CT molecular complexity index is 358. The fourth-order valence-electron chi connectivity index (χ4n) is 1.92. The van der Waals surface area contributed by atoms with Gasteiger partial charge in [0.05, 0.1) is 12.7 Å². The number of aliphatic hydroxyl groups excluding tert-OH is 2. The second-order valence-corrected chi connectivity index (χ2v) is 4.60. The highest BCUT2D eigenvalue weighted by Gasteiger charge is 2.25. The first kappa shape index (κ1) is 15.1. The fraction of sp³-hybridized carbons (Fsp3) is 0.571. The van der Waals surface area contributed by atoms with E-state index in [0.717, 1.165) is 12.8 Å². The van der Waals surface area contributed by atoms with Gasteiger partial charge in [0.1, 0.15) is 5.82 Å². The largest absolute Gasteiger partial charge is 0.394 e. The molecule has 1 unspecified atom stereocenters. The third-order valence-corrected chi connectivity index (χ3v) is 3.56. The highest BCUT2D eigenvalue weighted by molar-refractivity contribution is 5.19. The Kier molecular flexibility index (Phi) is 5.72. The van der Waals surface area contributed by atoms with E-state index in [1.807, 2.05) is 13.8 Å². The fourth-order valence-corrected chi connectivity index (χ4v) is 1.92. The molecule has 0 fully saturated rings. The van der Waals surface area contributed by atoms with Gasteiger partial charge in [0.15, 0.2) is 0 Å². The number of aliphatic hydroxyl groups is 2. The Balaban J connectivity index is 2.62. The van der Waals surface area contributed by atoms with E-state index < -0.39 is 6.10 Å². The van der Waals surface area contributed by atoms with Crippen LogP contribution in [-0.4, -0.2) is 28.9 Å². The maximum Gasteiger partial charge on any atom is 0.123 e. The molecule has 0 bridgehead atoms. The molecule has 4 heteroatoms. The van der Waals surface area contributed by atoms with Crippen LogP contribution in [0.25, 0.3) is 0 Å². The van der Waals surface area contributed by atoms with Crippen molar-refractivity contribution in [2.75, 3.05) is 13.2 Å². The molecule has 0 aliphatic rings. The smallest absolute Gasteiger partial charge is 0.123 e. The minimum atomic E-state index is -0.773. The number of hydrogen-bond donors (Lipinski definition) is 3. The molecular weight excluding hydrogens is 233 g/mol. The molecule has 18 heavy (non-hydrogen) atoms. The number of hydrogen-bond acceptors (Lipinski definition) is 3. The van der Waals surface area contributed by atoms with Crippen LogP contribution < -0.4 is 5.32 Å². The summed E-state index contributed by atoms with van der Waals surface area (Å²) in [4.78, 5) is 0. The van der Waals surface area contributed by atoms with Crippen LogP contribution in [0, 0.1) is 5.82 Å². The Morgan fingerprint density at radius 3 is 2.50 bits per heavy atom. The number of benzene rings is 1. The molecule has 0 saturated heterocycles. The van der Waals surface area contributed by atoms with Gasteiger partial charge in [-0.25, -0.2) is 4.39 Å². The van der Waals surface area contributed by atoms with Gasteiger partial charge in [-0.3, -0.25) is 0 Å². The van der Waals surface area contributed by atoms with Crippen LogP contribution >= 0.6 is 0 Å². The first-order chi connectivity index (χ1) is 8.56. The summed E-state index contributed by atoms with van der Waals surface area (Å²) in [5, 5.41) is 22.6. The van der Waals surface area contributed by atoms with E-state index in [4.69, 9.17) is 0 Å². The third-order valence-electron chi connectivity index (χ3n) is 3.56. The molecule has 0 radical (unpaired) electrons. The average Bonchev–Trinajstić information content (AvgIpc) is 2.40. The Hall–Kier alpha value is -0.970. The van der Waals surface area contributed by atoms with Crippen molar-refractivity contribution in [3.63, 3.8) is 0 Å². The van der Waals surface area contributed by atoms with E-state index in [9.17, 15) is 14.6 Å². The van der Waals surface area contributed by atoms with Gasteiger partial charge in [0, 0.05) is 12.1 Å². The van der Waals surface area contributed by atoms with Crippen molar-refractivity contribution in [3.8, 4) is 0 Å². The van der Waals surface area contributed by atoms with Crippen LogP contribution in [0.4, 0.5) is 4.39 Å². The molecule has 0 aliphatic carbocycles. The minimum Gasteiger partial charge on any atom is -0.394 e. The van der Waals surface area contributed by atoms with E-state index in [1.165, 1.54) is 12.1 Å². The van der Waals surface area contributed by atoms with Crippen LogP contribution in [-0.2, 0) is 0 Å². The predicted molar refractivity (Wildman–Crippen MR) is 69.8 cm³/mol. The SMILES string of the molecule is CCC(CC)(CO)NCC(O)c1cccc(F)c1. The quantitative estimate of drug-likeness (QED) is 0.698. The normalized spacial score (nSPS) is 13.6. The van der Waals surface area contributed by atoms with E-state index >= 15 is 0 Å². The van der Waals surface area contributed by atoms with Gasteiger partial charge in [-0.2, -0.15) is 0 Å². The van der Waals surface area contributed by atoms with Crippen molar-refractivity contribution < 1.29 is 14.6 Å². The summed E-state index contributed by atoms with van der Waals surface area (Å²) in [5.74, 6) is -0.356. The molecule has 3 nitrogen and oxygen atoms in total. The molecule has 1 rings (SSSR count). The minimum absolute atomic E-state index is 0.0237. The molecule has 0 aromatic heterocycles. The first-order valence-corrected chi connectivity index (χ1v) is 6.36. The van der Waals surface area contributed by atoms with Gasteiger partial charge < -0.3 is 15.5 Å². The maximum atomic E-state index is 13.0. The number of halogens is 1. The van der Waals surface area contributed by atoms with Crippen molar-refractivity contribution >= 4 is 0 Å². The summed E-state index contributed by atoms with van der Waals surface area (Å²) < 4.78 is 13.0. The lowest BCUT2D eigenvalue weighted by atomic mass is 9.93. The summed E-state index contributed by atoms with van der Waals surface area (Å²) in [6.45, 7) is 4.30.